The Balaban J connectivity index is 1.64. The quantitative estimate of drug-likeness (QED) is 0.766. The van der Waals surface area contributed by atoms with Crippen LogP contribution in [-0.2, 0) is 4.79 Å². The summed E-state index contributed by atoms with van der Waals surface area (Å²) in [6, 6.07) is 3.61. The van der Waals surface area contributed by atoms with E-state index in [0.29, 0.717) is 10.8 Å². The van der Waals surface area contributed by atoms with Crippen LogP contribution in [0.2, 0.25) is 5.02 Å². The molecule has 1 N–H and O–H groups in total. The minimum absolute atomic E-state index is 0.120. The highest BCUT2D eigenvalue weighted by molar-refractivity contribution is 7.17. The van der Waals surface area contributed by atoms with Gasteiger partial charge in [-0.1, -0.05) is 22.9 Å². The first-order chi connectivity index (χ1) is 11.3. The zero-order valence-electron chi connectivity index (χ0n) is 13.8. The molecule has 2 heterocycles. The molecule has 3 rings (SSSR count). The fourth-order valence-electron chi connectivity index (χ4n) is 2.29. The van der Waals surface area contributed by atoms with Gasteiger partial charge in [-0.25, -0.2) is 4.52 Å². The number of nitrogens with one attached hydrogen (secondary N) is 1. The van der Waals surface area contributed by atoms with E-state index in [4.69, 9.17) is 16.3 Å². The number of hydrogen-bond acceptors (Lipinski definition) is 5. The number of hydrogen-bond donors (Lipinski definition) is 1. The Bertz CT molecular complexity index is 909. The predicted octanol–water partition coefficient (Wildman–Crippen LogP) is 3.70. The van der Waals surface area contributed by atoms with Crippen LogP contribution in [0.1, 0.15) is 21.7 Å². The zero-order valence-corrected chi connectivity index (χ0v) is 15.4. The molecule has 3 aromatic rings. The molecule has 1 amide bonds. The zero-order chi connectivity index (χ0) is 17.4. The monoisotopic (exact) mass is 364 g/mol. The fraction of sp³-hybridized carbons (Fsp3) is 0.312. The average Bonchev–Trinajstić information content (AvgIpc) is 3.02. The Morgan fingerprint density at radius 3 is 2.58 bits per heavy atom. The molecule has 0 bridgehead atoms. The maximum absolute atomic E-state index is 12.0. The number of carbonyl (C=O) groups excluding carboxylic acids is 1. The summed E-state index contributed by atoms with van der Waals surface area (Å²) in [5.41, 5.74) is 2.84. The van der Waals surface area contributed by atoms with Crippen molar-refractivity contribution < 1.29 is 9.53 Å². The normalized spacial score (nSPS) is 11.0. The van der Waals surface area contributed by atoms with Crippen molar-refractivity contribution >= 4 is 39.8 Å². The number of benzene rings is 1. The van der Waals surface area contributed by atoms with Crippen LogP contribution in [0.4, 0.5) is 5.95 Å². The molecule has 0 spiro atoms. The number of nitrogens with zero attached hydrogens (tertiary/aromatic N) is 3. The number of ether oxygens (including phenoxy) is 1. The van der Waals surface area contributed by atoms with Gasteiger partial charge in [-0.2, -0.15) is 4.98 Å². The standard InChI is InChI=1S/C16H17ClN4O2S/c1-8-5-12(6-9(2)14(8)17)23-7-13(22)18-15-19-16-21(20-15)10(3)11(4)24-16/h5-6H,7H2,1-4H3,(H,18,20,22). The predicted molar refractivity (Wildman–Crippen MR) is 95.4 cm³/mol. The molecule has 0 aliphatic heterocycles. The second kappa shape index (κ2) is 6.41. The SMILES string of the molecule is Cc1cc(OCC(=O)Nc2nc3sc(C)c(C)n3n2)cc(C)c1Cl. The second-order valence-corrected chi connectivity index (χ2v) is 7.14. The van der Waals surface area contributed by atoms with Crippen LogP contribution < -0.4 is 10.1 Å². The maximum Gasteiger partial charge on any atom is 0.264 e. The first kappa shape index (κ1) is 16.7. The minimum Gasteiger partial charge on any atom is -0.484 e. The molecule has 8 heteroatoms. The van der Waals surface area contributed by atoms with E-state index in [-0.39, 0.29) is 18.5 Å². The summed E-state index contributed by atoms with van der Waals surface area (Å²) in [6.45, 7) is 7.65. The maximum atomic E-state index is 12.0. The van der Waals surface area contributed by atoms with Crippen molar-refractivity contribution in [2.75, 3.05) is 11.9 Å². The number of rotatable bonds is 4. The van der Waals surface area contributed by atoms with Crippen LogP contribution in [0.5, 0.6) is 5.75 Å². The van der Waals surface area contributed by atoms with Gasteiger partial charge < -0.3 is 4.74 Å². The minimum atomic E-state index is -0.312. The Morgan fingerprint density at radius 2 is 1.96 bits per heavy atom. The van der Waals surface area contributed by atoms with Crippen LogP contribution >= 0.6 is 22.9 Å². The molecule has 0 radical (unpaired) electrons. The number of thiazole rings is 1. The van der Waals surface area contributed by atoms with Crippen LogP contribution in [0, 0.1) is 27.7 Å². The molecule has 6 nitrogen and oxygen atoms in total. The van der Waals surface area contributed by atoms with Gasteiger partial charge in [-0.3, -0.25) is 10.1 Å². The Labute approximate surface area is 148 Å². The van der Waals surface area contributed by atoms with E-state index in [2.05, 4.69) is 15.4 Å². The van der Waals surface area contributed by atoms with Crippen molar-refractivity contribution in [1.82, 2.24) is 14.6 Å². The highest BCUT2D eigenvalue weighted by atomic mass is 35.5. The topological polar surface area (TPSA) is 68.5 Å². The highest BCUT2D eigenvalue weighted by Crippen LogP contribution is 2.26. The van der Waals surface area contributed by atoms with Gasteiger partial charge in [-0.15, -0.1) is 5.10 Å². The summed E-state index contributed by atoms with van der Waals surface area (Å²) in [7, 11) is 0. The van der Waals surface area contributed by atoms with Gasteiger partial charge in [0.15, 0.2) is 6.61 Å². The first-order valence-electron chi connectivity index (χ1n) is 7.37. The Morgan fingerprint density at radius 1 is 1.29 bits per heavy atom. The molecule has 1 aromatic carbocycles. The molecule has 2 aromatic heterocycles. The number of amides is 1. The van der Waals surface area contributed by atoms with Gasteiger partial charge in [0.1, 0.15) is 5.75 Å². The fourth-order valence-corrected chi connectivity index (χ4v) is 3.31. The molecule has 0 aliphatic carbocycles. The van der Waals surface area contributed by atoms with E-state index in [0.717, 1.165) is 26.7 Å². The number of aromatic nitrogens is 3. The summed E-state index contributed by atoms with van der Waals surface area (Å²) >= 11 is 7.65. The van der Waals surface area contributed by atoms with Gasteiger partial charge in [-0.05, 0) is 51.0 Å². The van der Waals surface area contributed by atoms with E-state index in [1.165, 1.54) is 11.3 Å². The van der Waals surface area contributed by atoms with Crippen molar-refractivity contribution in [1.29, 1.82) is 0 Å². The number of carbonyl (C=O) groups is 1. The summed E-state index contributed by atoms with van der Waals surface area (Å²) in [5.74, 6) is 0.573. The van der Waals surface area contributed by atoms with Crippen LogP contribution in [-0.4, -0.2) is 27.1 Å². The third-order valence-electron chi connectivity index (χ3n) is 3.68. The van der Waals surface area contributed by atoms with Gasteiger partial charge in [0.05, 0.1) is 5.69 Å². The van der Waals surface area contributed by atoms with Crippen molar-refractivity contribution in [3.05, 3.63) is 38.9 Å². The molecular formula is C16H17ClN4O2S. The molecule has 0 saturated carbocycles. The number of halogens is 1. The lowest BCUT2D eigenvalue weighted by Crippen LogP contribution is -2.21. The van der Waals surface area contributed by atoms with Gasteiger partial charge in [0.2, 0.25) is 4.96 Å². The second-order valence-electron chi connectivity index (χ2n) is 5.58. The molecule has 24 heavy (non-hydrogen) atoms. The van der Waals surface area contributed by atoms with Crippen LogP contribution in [0.3, 0.4) is 0 Å². The third-order valence-corrected chi connectivity index (χ3v) is 5.32. The van der Waals surface area contributed by atoms with Gasteiger partial charge >= 0.3 is 0 Å². The molecule has 0 fully saturated rings. The first-order valence-corrected chi connectivity index (χ1v) is 8.56. The van der Waals surface area contributed by atoms with E-state index in [1.54, 1.807) is 16.6 Å². The third kappa shape index (κ3) is 3.22. The molecule has 0 saturated heterocycles. The van der Waals surface area contributed by atoms with Crippen LogP contribution in [0.15, 0.2) is 12.1 Å². The van der Waals surface area contributed by atoms with Gasteiger partial charge in [0, 0.05) is 9.90 Å². The summed E-state index contributed by atoms with van der Waals surface area (Å²) in [4.78, 5) is 18.2. The van der Waals surface area contributed by atoms with E-state index in [9.17, 15) is 4.79 Å². The van der Waals surface area contributed by atoms with E-state index < -0.39 is 0 Å². The van der Waals surface area contributed by atoms with E-state index in [1.807, 2.05) is 27.7 Å². The summed E-state index contributed by atoms with van der Waals surface area (Å²) in [5, 5.41) is 7.64. The largest absolute Gasteiger partial charge is 0.484 e. The summed E-state index contributed by atoms with van der Waals surface area (Å²) in [6.07, 6.45) is 0. The molecule has 126 valence electrons. The highest BCUT2D eigenvalue weighted by Gasteiger charge is 2.13. The summed E-state index contributed by atoms with van der Waals surface area (Å²) < 4.78 is 7.25. The lowest BCUT2D eigenvalue weighted by Gasteiger charge is -2.09. The van der Waals surface area contributed by atoms with Gasteiger partial charge in [0.25, 0.3) is 11.9 Å². The molecule has 0 atom stereocenters. The molecule has 0 aliphatic rings. The van der Waals surface area contributed by atoms with Crippen molar-refractivity contribution in [2.24, 2.45) is 0 Å². The van der Waals surface area contributed by atoms with Crippen LogP contribution in [0.25, 0.3) is 4.96 Å². The van der Waals surface area contributed by atoms with E-state index >= 15 is 0 Å². The molecular weight excluding hydrogens is 348 g/mol. The lowest BCUT2D eigenvalue weighted by molar-refractivity contribution is -0.118. The Hall–Kier alpha value is -2.12. The van der Waals surface area contributed by atoms with Crippen molar-refractivity contribution in [2.45, 2.75) is 27.7 Å². The van der Waals surface area contributed by atoms with Crippen molar-refractivity contribution in [3.63, 3.8) is 0 Å². The number of fused-ring (bicyclic) bond motifs is 1. The Kier molecular flexibility index (Phi) is 4.47. The van der Waals surface area contributed by atoms with Crippen molar-refractivity contribution in [3.8, 4) is 5.75 Å². The average molecular weight is 365 g/mol. The smallest absolute Gasteiger partial charge is 0.264 e. The molecule has 0 unspecified atom stereocenters. The number of anilines is 1. The number of aryl methyl sites for hydroxylation is 4. The lowest BCUT2D eigenvalue weighted by atomic mass is 10.1.